The third-order valence-electron chi connectivity index (χ3n) is 3.74. The number of rotatable bonds is 1. The van der Waals surface area contributed by atoms with Gasteiger partial charge in [0.15, 0.2) is 5.58 Å². The summed E-state index contributed by atoms with van der Waals surface area (Å²) in [6.45, 7) is 1.93. The van der Waals surface area contributed by atoms with Crippen LogP contribution in [-0.4, -0.2) is 11.5 Å². The van der Waals surface area contributed by atoms with Gasteiger partial charge in [0.2, 0.25) is 5.89 Å². The first-order chi connectivity index (χ1) is 9.83. The zero-order chi connectivity index (χ0) is 13.5. The summed E-state index contributed by atoms with van der Waals surface area (Å²) in [4.78, 5) is 4.63. The quantitative estimate of drug-likeness (QED) is 0.736. The maximum absolute atomic E-state index is 5.97. The van der Waals surface area contributed by atoms with E-state index in [1.54, 1.807) is 0 Å². The van der Waals surface area contributed by atoms with Gasteiger partial charge < -0.3 is 9.73 Å². The maximum Gasteiger partial charge on any atom is 0.227 e. The Morgan fingerprint density at radius 3 is 2.95 bits per heavy atom. The number of nitrogens with zero attached hydrogens (tertiary/aromatic N) is 1. The fourth-order valence-corrected chi connectivity index (χ4v) is 3.20. The van der Waals surface area contributed by atoms with Crippen molar-refractivity contribution in [2.24, 2.45) is 0 Å². The summed E-state index contributed by atoms with van der Waals surface area (Å²) in [5, 5.41) is 3.40. The topological polar surface area (TPSA) is 38.1 Å². The second kappa shape index (κ2) is 4.72. The molecule has 1 aromatic heterocycles. The maximum atomic E-state index is 5.97. The van der Waals surface area contributed by atoms with Crippen molar-refractivity contribution in [1.82, 2.24) is 10.3 Å². The summed E-state index contributed by atoms with van der Waals surface area (Å²) in [7, 11) is 0. The van der Waals surface area contributed by atoms with Crippen LogP contribution in [0.25, 0.3) is 22.6 Å². The lowest BCUT2D eigenvalue weighted by Crippen LogP contribution is -2.24. The van der Waals surface area contributed by atoms with Gasteiger partial charge in [0.05, 0.1) is 4.47 Å². The number of para-hydroxylation sites is 1. The number of nitrogens with one attached hydrogen (secondary N) is 1. The van der Waals surface area contributed by atoms with E-state index < -0.39 is 0 Å². The molecule has 0 bridgehead atoms. The number of aromatic nitrogens is 1. The molecule has 2 aromatic carbocycles. The van der Waals surface area contributed by atoms with Crippen LogP contribution in [0.1, 0.15) is 11.1 Å². The lowest BCUT2D eigenvalue weighted by Gasteiger charge is -2.18. The Morgan fingerprint density at radius 2 is 2.05 bits per heavy atom. The highest BCUT2D eigenvalue weighted by Crippen LogP contribution is 2.32. The molecule has 4 heteroatoms. The van der Waals surface area contributed by atoms with Crippen molar-refractivity contribution >= 4 is 27.0 Å². The third-order valence-corrected chi connectivity index (χ3v) is 4.36. The van der Waals surface area contributed by atoms with Crippen molar-refractivity contribution in [3.63, 3.8) is 0 Å². The lowest BCUT2D eigenvalue weighted by molar-refractivity contribution is 0.610. The van der Waals surface area contributed by atoms with Crippen LogP contribution >= 0.6 is 15.9 Å². The molecule has 3 aromatic rings. The van der Waals surface area contributed by atoms with Gasteiger partial charge in [0.1, 0.15) is 5.52 Å². The number of oxazole rings is 1. The lowest BCUT2D eigenvalue weighted by atomic mass is 9.95. The molecule has 0 saturated heterocycles. The average Bonchev–Trinajstić information content (AvgIpc) is 2.92. The van der Waals surface area contributed by atoms with Crippen LogP contribution in [-0.2, 0) is 13.0 Å². The van der Waals surface area contributed by atoms with Gasteiger partial charge in [-0.3, -0.25) is 0 Å². The number of hydrogen-bond acceptors (Lipinski definition) is 3. The minimum Gasteiger partial charge on any atom is -0.435 e. The van der Waals surface area contributed by atoms with Crippen LogP contribution in [0.3, 0.4) is 0 Å². The zero-order valence-corrected chi connectivity index (χ0v) is 12.4. The second-order valence-electron chi connectivity index (χ2n) is 4.98. The van der Waals surface area contributed by atoms with Gasteiger partial charge in [0, 0.05) is 12.1 Å². The Hall–Kier alpha value is -1.65. The molecule has 0 saturated carbocycles. The van der Waals surface area contributed by atoms with Crippen molar-refractivity contribution < 1.29 is 4.42 Å². The minimum absolute atomic E-state index is 0.714. The summed E-state index contributed by atoms with van der Waals surface area (Å²) in [5.74, 6) is 0.714. The molecule has 1 aliphatic rings. The highest BCUT2D eigenvalue weighted by Gasteiger charge is 2.17. The van der Waals surface area contributed by atoms with E-state index >= 15 is 0 Å². The molecule has 0 radical (unpaired) electrons. The number of hydrogen-bond donors (Lipinski definition) is 1. The first-order valence-corrected chi connectivity index (χ1v) is 7.49. The van der Waals surface area contributed by atoms with Crippen LogP contribution in [0.5, 0.6) is 0 Å². The Morgan fingerprint density at radius 1 is 1.15 bits per heavy atom. The van der Waals surface area contributed by atoms with E-state index in [2.05, 4.69) is 44.4 Å². The molecular weight excluding hydrogens is 316 g/mol. The highest BCUT2D eigenvalue weighted by molar-refractivity contribution is 9.10. The highest BCUT2D eigenvalue weighted by atomic mass is 79.9. The molecule has 3 nitrogen and oxygen atoms in total. The first-order valence-electron chi connectivity index (χ1n) is 6.70. The Kier molecular flexibility index (Phi) is 2.86. The Bertz CT molecular complexity index is 794. The Labute approximate surface area is 125 Å². The molecule has 0 amide bonds. The number of fused-ring (bicyclic) bond motifs is 2. The molecule has 0 aliphatic carbocycles. The molecule has 1 N–H and O–H groups in total. The van der Waals surface area contributed by atoms with E-state index in [0.717, 1.165) is 40.6 Å². The molecular formula is C16H13BrN2O. The van der Waals surface area contributed by atoms with E-state index in [9.17, 15) is 0 Å². The van der Waals surface area contributed by atoms with Crippen LogP contribution < -0.4 is 5.32 Å². The largest absolute Gasteiger partial charge is 0.435 e. The normalized spacial score (nSPS) is 14.4. The monoisotopic (exact) mass is 328 g/mol. The van der Waals surface area contributed by atoms with Crippen molar-refractivity contribution in [3.05, 3.63) is 52.0 Å². The predicted molar refractivity (Wildman–Crippen MR) is 82.6 cm³/mol. The van der Waals surface area contributed by atoms with Crippen molar-refractivity contribution in [3.8, 4) is 11.5 Å². The van der Waals surface area contributed by atoms with E-state index in [1.807, 2.05) is 18.2 Å². The molecule has 2 heterocycles. The molecule has 1 aliphatic heterocycles. The van der Waals surface area contributed by atoms with E-state index in [-0.39, 0.29) is 0 Å². The van der Waals surface area contributed by atoms with Crippen LogP contribution in [0.2, 0.25) is 0 Å². The predicted octanol–water partition coefficient (Wildman–Crippen LogP) is 3.90. The molecule has 4 rings (SSSR count). The van der Waals surface area contributed by atoms with Crippen molar-refractivity contribution in [2.45, 2.75) is 13.0 Å². The van der Waals surface area contributed by atoms with E-state index in [1.165, 1.54) is 11.1 Å². The molecule has 0 spiro atoms. The second-order valence-corrected chi connectivity index (χ2v) is 5.83. The van der Waals surface area contributed by atoms with Crippen LogP contribution in [0.4, 0.5) is 0 Å². The average molecular weight is 329 g/mol. The first kappa shape index (κ1) is 12.1. The number of benzene rings is 2. The minimum atomic E-state index is 0.714. The standard InChI is InChI=1S/C16H13BrN2O/c17-13-5-2-6-14-15(13)20-16(19-14)12-4-1-3-10-9-18-8-7-11(10)12/h1-6,18H,7-9H2. The molecule has 100 valence electrons. The van der Waals surface area contributed by atoms with Crippen LogP contribution in [0.15, 0.2) is 45.3 Å². The summed E-state index contributed by atoms with van der Waals surface area (Å²) in [6.07, 6.45) is 1.02. The fraction of sp³-hybridized carbons (Fsp3) is 0.188. The van der Waals surface area contributed by atoms with Gasteiger partial charge in [-0.1, -0.05) is 18.2 Å². The van der Waals surface area contributed by atoms with Gasteiger partial charge in [-0.15, -0.1) is 0 Å². The molecule has 20 heavy (non-hydrogen) atoms. The summed E-state index contributed by atoms with van der Waals surface area (Å²) >= 11 is 3.51. The van der Waals surface area contributed by atoms with Gasteiger partial charge in [-0.25, -0.2) is 4.98 Å². The third kappa shape index (κ3) is 1.87. The number of halogens is 1. The van der Waals surface area contributed by atoms with Crippen molar-refractivity contribution in [1.29, 1.82) is 0 Å². The summed E-state index contributed by atoms with van der Waals surface area (Å²) < 4.78 is 6.92. The molecule has 0 unspecified atom stereocenters. The van der Waals surface area contributed by atoms with Crippen molar-refractivity contribution in [2.75, 3.05) is 6.54 Å². The van der Waals surface area contributed by atoms with Gasteiger partial charge in [-0.2, -0.15) is 0 Å². The molecule has 0 atom stereocenters. The van der Waals surface area contributed by atoms with E-state index in [4.69, 9.17) is 4.42 Å². The van der Waals surface area contributed by atoms with Gasteiger partial charge in [0.25, 0.3) is 0 Å². The Balaban J connectivity index is 1.93. The summed E-state index contributed by atoms with van der Waals surface area (Å²) in [6, 6.07) is 12.3. The van der Waals surface area contributed by atoms with E-state index in [0.29, 0.717) is 5.89 Å². The summed E-state index contributed by atoms with van der Waals surface area (Å²) in [5.41, 5.74) is 5.52. The van der Waals surface area contributed by atoms with Gasteiger partial charge >= 0.3 is 0 Å². The zero-order valence-electron chi connectivity index (χ0n) is 10.8. The van der Waals surface area contributed by atoms with Crippen LogP contribution in [0, 0.1) is 0 Å². The smallest absolute Gasteiger partial charge is 0.227 e. The molecule has 0 fully saturated rings. The SMILES string of the molecule is Brc1cccc2nc(-c3cccc4c3CCNC4)oc12. The fourth-order valence-electron chi connectivity index (χ4n) is 2.76. The van der Waals surface area contributed by atoms with Gasteiger partial charge in [-0.05, 0) is 58.2 Å².